The molecular weight excluding hydrogens is 232 g/mol. The zero-order valence-electron chi connectivity index (χ0n) is 10.9. The van der Waals surface area contributed by atoms with Crippen LogP contribution in [0.4, 0.5) is 0 Å². The first-order valence-electron chi connectivity index (χ1n) is 6.90. The van der Waals surface area contributed by atoms with Crippen molar-refractivity contribution >= 4 is 11.9 Å². The van der Waals surface area contributed by atoms with Gasteiger partial charge in [0.1, 0.15) is 0 Å². The first-order chi connectivity index (χ1) is 8.70. The fourth-order valence-corrected chi connectivity index (χ4v) is 2.19. The molecule has 1 rings (SSSR count). The Morgan fingerprint density at radius 2 is 2.00 bits per heavy atom. The van der Waals surface area contributed by atoms with Gasteiger partial charge in [0.05, 0.1) is 5.92 Å². The smallest absolute Gasteiger partial charge is 0.303 e. The number of amides is 1. The molecule has 0 bridgehead atoms. The highest BCUT2D eigenvalue weighted by atomic mass is 16.4. The van der Waals surface area contributed by atoms with Gasteiger partial charge in [-0.2, -0.15) is 0 Å². The van der Waals surface area contributed by atoms with Gasteiger partial charge in [0.25, 0.3) is 0 Å². The molecule has 1 heterocycles. The summed E-state index contributed by atoms with van der Waals surface area (Å²) < 4.78 is 0. The van der Waals surface area contributed by atoms with Gasteiger partial charge in [0, 0.05) is 19.5 Å². The zero-order valence-corrected chi connectivity index (χ0v) is 10.9. The molecule has 1 aliphatic rings. The summed E-state index contributed by atoms with van der Waals surface area (Å²) in [6.07, 6.45) is 5.88. The maximum Gasteiger partial charge on any atom is 0.303 e. The molecule has 1 aliphatic heterocycles. The van der Waals surface area contributed by atoms with Gasteiger partial charge in [-0.25, -0.2) is 0 Å². The summed E-state index contributed by atoms with van der Waals surface area (Å²) in [4.78, 5) is 22.0. The third-order valence-corrected chi connectivity index (χ3v) is 3.28. The fourth-order valence-electron chi connectivity index (χ4n) is 2.19. The quantitative estimate of drug-likeness (QED) is 0.569. The number of nitrogens with one attached hydrogen (secondary N) is 2. The van der Waals surface area contributed by atoms with Gasteiger partial charge in [-0.3, -0.25) is 9.59 Å². The van der Waals surface area contributed by atoms with Crippen molar-refractivity contribution in [3.63, 3.8) is 0 Å². The molecule has 1 saturated heterocycles. The van der Waals surface area contributed by atoms with Crippen molar-refractivity contribution in [2.45, 2.75) is 44.9 Å². The van der Waals surface area contributed by atoms with Crippen molar-refractivity contribution in [1.82, 2.24) is 10.6 Å². The summed E-state index contributed by atoms with van der Waals surface area (Å²) in [6.45, 7) is 2.53. The molecule has 3 N–H and O–H groups in total. The van der Waals surface area contributed by atoms with E-state index in [1.165, 1.54) is 0 Å². The van der Waals surface area contributed by atoms with E-state index in [1.54, 1.807) is 0 Å². The van der Waals surface area contributed by atoms with E-state index in [9.17, 15) is 9.59 Å². The summed E-state index contributed by atoms with van der Waals surface area (Å²) in [5, 5.41) is 14.7. The Kier molecular flexibility index (Phi) is 7.41. The number of hydrogen-bond acceptors (Lipinski definition) is 3. The van der Waals surface area contributed by atoms with Crippen LogP contribution >= 0.6 is 0 Å². The maximum absolute atomic E-state index is 11.7. The number of unbranched alkanes of at least 4 members (excludes halogenated alkanes) is 3. The van der Waals surface area contributed by atoms with E-state index >= 15 is 0 Å². The lowest BCUT2D eigenvalue weighted by Gasteiger charge is -2.21. The minimum absolute atomic E-state index is 0.130. The van der Waals surface area contributed by atoms with Gasteiger partial charge < -0.3 is 15.7 Å². The van der Waals surface area contributed by atoms with Crippen LogP contribution in [-0.4, -0.2) is 36.6 Å². The fraction of sp³-hybridized carbons (Fsp3) is 0.846. The van der Waals surface area contributed by atoms with E-state index < -0.39 is 5.97 Å². The highest BCUT2D eigenvalue weighted by Crippen LogP contribution is 2.09. The predicted molar refractivity (Wildman–Crippen MR) is 69.3 cm³/mol. The lowest BCUT2D eigenvalue weighted by molar-refractivity contribution is -0.137. The minimum atomic E-state index is -0.729. The van der Waals surface area contributed by atoms with Crippen LogP contribution in [0, 0.1) is 5.92 Å². The molecule has 0 aliphatic carbocycles. The zero-order chi connectivity index (χ0) is 13.2. The number of rotatable bonds is 8. The van der Waals surface area contributed by atoms with Gasteiger partial charge in [-0.1, -0.05) is 12.8 Å². The Labute approximate surface area is 108 Å². The van der Waals surface area contributed by atoms with Crippen LogP contribution in [-0.2, 0) is 9.59 Å². The molecule has 1 amide bonds. The highest BCUT2D eigenvalue weighted by Gasteiger charge is 2.19. The molecule has 5 heteroatoms. The highest BCUT2D eigenvalue weighted by molar-refractivity contribution is 5.78. The number of carboxylic acid groups (broad SMARTS) is 1. The topological polar surface area (TPSA) is 78.4 Å². The molecule has 104 valence electrons. The van der Waals surface area contributed by atoms with Gasteiger partial charge in [0.15, 0.2) is 0 Å². The van der Waals surface area contributed by atoms with Crippen LogP contribution in [0.5, 0.6) is 0 Å². The number of carboxylic acids is 1. The van der Waals surface area contributed by atoms with Crippen LogP contribution < -0.4 is 10.6 Å². The molecule has 1 atom stereocenters. The second kappa shape index (κ2) is 8.91. The van der Waals surface area contributed by atoms with Crippen LogP contribution in [0.2, 0.25) is 0 Å². The lowest BCUT2D eigenvalue weighted by atomic mass is 9.99. The maximum atomic E-state index is 11.7. The lowest BCUT2D eigenvalue weighted by Crippen LogP contribution is -2.40. The molecule has 0 aromatic carbocycles. The molecule has 5 nitrogen and oxygen atoms in total. The molecule has 0 aromatic heterocycles. The van der Waals surface area contributed by atoms with Crippen molar-refractivity contribution in [2.24, 2.45) is 5.92 Å². The Morgan fingerprint density at radius 1 is 1.22 bits per heavy atom. The van der Waals surface area contributed by atoms with Crippen molar-refractivity contribution in [3.8, 4) is 0 Å². The normalized spacial score (nSPS) is 19.4. The summed E-state index contributed by atoms with van der Waals surface area (Å²) in [5.74, 6) is -0.438. The van der Waals surface area contributed by atoms with Gasteiger partial charge >= 0.3 is 5.97 Å². The third kappa shape index (κ3) is 6.59. The number of piperidine rings is 1. The van der Waals surface area contributed by atoms with Crippen LogP contribution in [0.1, 0.15) is 44.9 Å². The SMILES string of the molecule is O=C(O)CCCCCCNC(=O)C1CCCNC1. The van der Waals surface area contributed by atoms with E-state index in [4.69, 9.17) is 5.11 Å². The van der Waals surface area contributed by atoms with Crippen molar-refractivity contribution in [1.29, 1.82) is 0 Å². The first kappa shape index (κ1) is 15.0. The monoisotopic (exact) mass is 256 g/mol. The van der Waals surface area contributed by atoms with E-state index in [2.05, 4.69) is 10.6 Å². The number of carbonyl (C=O) groups is 2. The van der Waals surface area contributed by atoms with Crippen LogP contribution in [0.3, 0.4) is 0 Å². The summed E-state index contributed by atoms with van der Waals surface area (Å²) >= 11 is 0. The summed E-state index contributed by atoms with van der Waals surface area (Å²) in [7, 11) is 0. The van der Waals surface area contributed by atoms with Crippen molar-refractivity contribution in [2.75, 3.05) is 19.6 Å². The van der Waals surface area contributed by atoms with Gasteiger partial charge in [-0.05, 0) is 32.2 Å². The third-order valence-electron chi connectivity index (χ3n) is 3.28. The molecule has 1 fully saturated rings. The largest absolute Gasteiger partial charge is 0.481 e. The second-order valence-corrected chi connectivity index (χ2v) is 4.89. The second-order valence-electron chi connectivity index (χ2n) is 4.89. The van der Waals surface area contributed by atoms with E-state index in [1.807, 2.05) is 0 Å². The molecule has 0 aromatic rings. The summed E-state index contributed by atoms with van der Waals surface area (Å²) in [5.41, 5.74) is 0. The first-order valence-corrected chi connectivity index (χ1v) is 6.90. The van der Waals surface area contributed by atoms with Crippen molar-refractivity contribution < 1.29 is 14.7 Å². The molecule has 1 unspecified atom stereocenters. The minimum Gasteiger partial charge on any atom is -0.481 e. The Balaban J connectivity index is 1.93. The average Bonchev–Trinajstić information content (AvgIpc) is 2.38. The summed E-state index contributed by atoms with van der Waals surface area (Å²) in [6, 6.07) is 0. The molecule has 18 heavy (non-hydrogen) atoms. The van der Waals surface area contributed by atoms with E-state index in [0.717, 1.165) is 51.6 Å². The Hall–Kier alpha value is -1.10. The molecule has 0 saturated carbocycles. The average molecular weight is 256 g/mol. The standard InChI is InChI=1S/C13H24N2O3/c16-12(17)7-3-1-2-4-9-15-13(18)11-6-5-8-14-10-11/h11,14H,1-10H2,(H,15,18)(H,16,17). The van der Waals surface area contributed by atoms with Crippen LogP contribution in [0.15, 0.2) is 0 Å². The Bertz CT molecular complexity index is 263. The molecular formula is C13H24N2O3. The van der Waals surface area contributed by atoms with Gasteiger partial charge in [-0.15, -0.1) is 0 Å². The number of hydrogen-bond donors (Lipinski definition) is 3. The number of aliphatic carboxylic acids is 1. The Morgan fingerprint density at radius 3 is 2.67 bits per heavy atom. The molecule has 0 radical (unpaired) electrons. The number of carbonyl (C=O) groups excluding carboxylic acids is 1. The molecule has 0 spiro atoms. The van der Waals surface area contributed by atoms with Crippen LogP contribution in [0.25, 0.3) is 0 Å². The predicted octanol–water partition coefficient (Wildman–Crippen LogP) is 1.14. The van der Waals surface area contributed by atoms with Gasteiger partial charge in [0.2, 0.25) is 5.91 Å². The van der Waals surface area contributed by atoms with E-state index in [-0.39, 0.29) is 18.2 Å². The van der Waals surface area contributed by atoms with E-state index in [0.29, 0.717) is 6.54 Å². The van der Waals surface area contributed by atoms with Crippen molar-refractivity contribution in [3.05, 3.63) is 0 Å².